The van der Waals surface area contributed by atoms with E-state index in [2.05, 4.69) is 58.8 Å². The number of nitrogens with one attached hydrogen (secondary N) is 2. The first-order valence-electron chi connectivity index (χ1n) is 9.90. The lowest BCUT2D eigenvalue weighted by molar-refractivity contribution is -0.125. The Morgan fingerprint density at radius 2 is 1.93 bits per heavy atom. The highest BCUT2D eigenvalue weighted by Gasteiger charge is 2.45. The van der Waals surface area contributed by atoms with E-state index in [1.54, 1.807) is 0 Å². The molecule has 1 aliphatic carbocycles. The number of nitrogens with zero attached hydrogens (tertiary/aromatic N) is 2. The topological polar surface area (TPSA) is 64.7 Å². The van der Waals surface area contributed by atoms with E-state index >= 15 is 0 Å². The Kier molecular flexibility index (Phi) is 6.17. The molecule has 6 heteroatoms. The number of rotatable bonds is 6. The molecule has 2 aliphatic rings. The number of fused-ring (bicyclic) bond motifs is 2. The van der Waals surface area contributed by atoms with E-state index < -0.39 is 0 Å². The van der Waals surface area contributed by atoms with Gasteiger partial charge in [-0.05, 0) is 57.6 Å². The molecule has 2 N–H and O–H groups in total. The summed E-state index contributed by atoms with van der Waals surface area (Å²) in [6.45, 7) is 5.88. The van der Waals surface area contributed by atoms with Crippen LogP contribution >= 0.6 is 0 Å². The van der Waals surface area contributed by atoms with Crippen molar-refractivity contribution in [1.82, 2.24) is 20.4 Å². The van der Waals surface area contributed by atoms with Crippen LogP contribution in [0.25, 0.3) is 0 Å². The minimum Gasteiger partial charge on any atom is -0.348 e. The van der Waals surface area contributed by atoms with E-state index in [4.69, 9.17) is 0 Å². The Hall–Kier alpha value is -1.92. The van der Waals surface area contributed by atoms with Crippen molar-refractivity contribution in [3.05, 3.63) is 35.4 Å². The summed E-state index contributed by atoms with van der Waals surface area (Å²) in [6, 6.07) is 8.59. The van der Waals surface area contributed by atoms with Crippen molar-refractivity contribution in [2.45, 2.75) is 37.6 Å². The quantitative estimate of drug-likeness (QED) is 0.790. The summed E-state index contributed by atoms with van der Waals surface area (Å²) in [6.07, 6.45) is 3.23. The van der Waals surface area contributed by atoms with Gasteiger partial charge in [0.1, 0.15) is 0 Å². The molecule has 1 heterocycles. The van der Waals surface area contributed by atoms with Gasteiger partial charge in [-0.2, -0.15) is 0 Å². The molecule has 1 atom stereocenters. The summed E-state index contributed by atoms with van der Waals surface area (Å²) in [5, 5.41) is 5.72. The fraction of sp³-hybridized carbons (Fsp3) is 0.619. The molecule has 148 valence electrons. The second-order valence-corrected chi connectivity index (χ2v) is 8.25. The van der Waals surface area contributed by atoms with Gasteiger partial charge in [-0.25, -0.2) is 0 Å². The van der Waals surface area contributed by atoms with Crippen LogP contribution in [0.2, 0.25) is 0 Å². The molecule has 1 aliphatic heterocycles. The molecule has 1 fully saturated rings. The Balaban J connectivity index is 1.66. The first-order valence-corrected chi connectivity index (χ1v) is 9.90. The zero-order valence-electron chi connectivity index (χ0n) is 16.8. The van der Waals surface area contributed by atoms with Crippen molar-refractivity contribution >= 4 is 11.8 Å². The summed E-state index contributed by atoms with van der Waals surface area (Å²) in [5.41, 5.74) is 2.81. The minimum atomic E-state index is -0.182. The average molecular weight is 373 g/mol. The van der Waals surface area contributed by atoms with Gasteiger partial charge < -0.3 is 20.4 Å². The van der Waals surface area contributed by atoms with Gasteiger partial charge in [-0.3, -0.25) is 9.59 Å². The summed E-state index contributed by atoms with van der Waals surface area (Å²) in [5.74, 6) is -0.302. The van der Waals surface area contributed by atoms with Crippen molar-refractivity contribution in [3.8, 4) is 0 Å². The van der Waals surface area contributed by atoms with E-state index in [9.17, 15) is 9.59 Å². The van der Waals surface area contributed by atoms with Gasteiger partial charge in [0.2, 0.25) is 11.8 Å². The van der Waals surface area contributed by atoms with E-state index in [0.717, 1.165) is 45.4 Å². The fourth-order valence-electron chi connectivity index (χ4n) is 4.49. The monoisotopic (exact) mass is 372 g/mol. The Labute approximate surface area is 162 Å². The van der Waals surface area contributed by atoms with Crippen molar-refractivity contribution in [2.24, 2.45) is 0 Å². The van der Waals surface area contributed by atoms with Gasteiger partial charge in [0.05, 0.1) is 12.6 Å². The van der Waals surface area contributed by atoms with Crippen LogP contribution in [0, 0.1) is 0 Å². The molecule has 0 radical (unpaired) electrons. The Morgan fingerprint density at radius 1 is 1.22 bits per heavy atom. The lowest BCUT2D eigenvalue weighted by atomic mass is 9.73. The van der Waals surface area contributed by atoms with Crippen LogP contribution in [-0.2, 0) is 15.0 Å². The van der Waals surface area contributed by atoms with Crippen LogP contribution in [-0.4, -0.2) is 68.4 Å². The van der Waals surface area contributed by atoms with Gasteiger partial charge in [0.25, 0.3) is 0 Å². The second-order valence-electron chi connectivity index (χ2n) is 8.25. The van der Waals surface area contributed by atoms with Gasteiger partial charge in [-0.15, -0.1) is 0 Å². The number of likely N-dealkylation sites (tertiary alicyclic amines) is 1. The molecule has 1 aromatic rings. The summed E-state index contributed by atoms with van der Waals surface area (Å²) >= 11 is 0. The zero-order chi connectivity index (χ0) is 19.4. The molecule has 0 bridgehead atoms. The van der Waals surface area contributed by atoms with Crippen LogP contribution in [0.3, 0.4) is 0 Å². The number of amides is 2. The SMILES string of the molecule is CC(=O)NCC(=O)N[C@H]1CC2(CCN(CCN(C)C)CC2)c2ccccc21. The van der Waals surface area contributed by atoms with Crippen LogP contribution in [0.1, 0.15) is 43.4 Å². The third-order valence-electron chi connectivity index (χ3n) is 6.01. The molecule has 27 heavy (non-hydrogen) atoms. The largest absolute Gasteiger partial charge is 0.348 e. The smallest absolute Gasteiger partial charge is 0.239 e. The first kappa shape index (κ1) is 19.8. The van der Waals surface area contributed by atoms with Crippen molar-refractivity contribution in [3.63, 3.8) is 0 Å². The van der Waals surface area contributed by atoms with E-state index in [1.807, 2.05) is 0 Å². The Bertz CT molecular complexity index is 681. The predicted molar refractivity (Wildman–Crippen MR) is 107 cm³/mol. The second kappa shape index (κ2) is 8.40. The molecule has 6 nitrogen and oxygen atoms in total. The summed E-state index contributed by atoms with van der Waals surface area (Å²) in [7, 11) is 4.24. The van der Waals surface area contributed by atoms with Crippen LogP contribution < -0.4 is 10.6 Å². The highest BCUT2D eigenvalue weighted by Crippen LogP contribution is 2.50. The number of hydrogen-bond acceptors (Lipinski definition) is 4. The molecule has 1 aromatic carbocycles. The number of piperidine rings is 1. The average Bonchev–Trinajstić information content (AvgIpc) is 2.93. The minimum absolute atomic E-state index is 0.0378. The molecule has 0 saturated carbocycles. The fourth-order valence-corrected chi connectivity index (χ4v) is 4.49. The third-order valence-corrected chi connectivity index (χ3v) is 6.01. The molecule has 2 amide bonds. The van der Waals surface area contributed by atoms with Crippen LogP contribution in [0.15, 0.2) is 24.3 Å². The molecular weight excluding hydrogens is 340 g/mol. The number of carbonyl (C=O) groups excluding carboxylic acids is 2. The highest BCUT2D eigenvalue weighted by molar-refractivity contribution is 5.84. The first-order chi connectivity index (χ1) is 12.9. The van der Waals surface area contributed by atoms with E-state index in [-0.39, 0.29) is 29.8 Å². The van der Waals surface area contributed by atoms with Crippen molar-refractivity contribution in [2.75, 3.05) is 46.8 Å². The number of likely N-dealkylation sites (N-methyl/N-ethyl adjacent to an activating group) is 1. The van der Waals surface area contributed by atoms with Crippen LogP contribution in [0.5, 0.6) is 0 Å². The molecular formula is C21H32N4O2. The molecule has 3 rings (SSSR count). The number of carbonyl (C=O) groups is 2. The lowest BCUT2D eigenvalue weighted by Gasteiger charge is -2.40. The van der Waals surface area contributed by atoms with Crippen LogP contribution in [0.4, 0.5) is 0 Å². The van der Waals surface area contributed by atoms with E-state index in [1.165, 1.54) is 18.1 Å². The number of benzene rings is 1. The van der Waals surface area contributed by atoms with Gasteiger partial charge in [0, 0.05) is 25.4 Å². The van der Waals surface area contributed by atoms with E-state index in [0.29, 0.717) is 0 Å². The summed E-state index contributed by atoms with van der Waals surface area (Å²) in [4.78, 5) is 28.1. The maximum Gasteiger partial charge on any atom is 0.239 e. The number of hydrogen-bond donors (Lipinski definition) is 2. The van der Waals surface area contributed by atoms with Gasteiger partial charge in [-0.1, -0.05) is 24.3 Å². The maximum absolute atomic E-state index is 12.2. The third kappa shape index (κ3) is 4.68. The zero-order valence-corrected chi connectivity index (χ0v) is 16.8. The highest BCUT2D eigenvalue weighted by atomic mass is 16.2. The predicted octanol–water partition coefficient (Wildman–Crippen LogP) is 1.28. The van der Waals surface area contributed by atoms with Crippen molar-refractivity contribution < 1.29 is 9.59 Å². The molecule has 0 unspecified atom stereocenters. The van der Waals surface area contributed by atoms with Gasteiger partial charge in [0.15, 0.2) is 0 Å². The summed E-state index contributed by atoms with van der Waals surface area (Å²) < 4.78 is 0. The molecule has 1 saturated heterocycles. The molecule has 0 aromatic heterocycles. The Morgan fingerprint density at radius 3 is 2.59 bits per heavy atom. The molecule has 1 spiro atoms. The van der Waals surface area contributed by atoms with Gasteiger partial charge >= 0.3 is 0 Å². The van der Waals surface area contributed by atoms with Crippen molar-refractivity contribution in [1.29, 1.82) is 0 Å². The lowest BCUT2D eigenvalue weighted by Crippen LogP contribution is -2.44. The standard InChI is InChI=1S/C21H32N4O2/c1-16(26)22-15-20(27)23-19-14-21(18-7-5-4-6-17(18)19)8-10-25(11-9-21)13-12-24(2)3/h4-7,19H,8-15H2,1-3H3,(H,22,26)(H,23,27)/t19-/m0/s1. The normalized spacial score (nSPS) is 21.3. The maximum atomic E-state index is 12.2.